The largest absolute Gasteiger partial charge is 0.385 e. The first-order valence-electron chi connectivity index (χ1n) is 6.76. The van der Waals surface area contributed by atoms with Crippen molar-refractivity contribution in [1.29, 1.82) is 0 Å². The van der Waals surface area contributed by atoms with Crippen molar-refractivity contribution < 1.29 is 9.84 Å². The van der Waals surface area contributed by atoms with E-state index in [0.717, 1.165) is 31.2 Å². The van der Waals surface area contributed by atoms with Gasteiger partial charge in [-0.15, -0.1) is 0 Å². The van der Waals surface area contributed by atoms with Crippen LogP contribution in [-0.4, -0.2) is 17.8 Å². The normalized spacial score (nSPS) is 15.4. The Hall–Kier alpha value is -0.860. The minimum Gasteiger partial charge on any atom is -0.385 e. The van der Waals surface area contributed by atoms with E-state index in [4.69, 9.17) is 4.74 Å². The summed E-state index contributed by atoms with van der Waals surface area (Å²) in [6.45, 7) is 6.23. The molecule has 2 nitrogen and oxygen atoms in total. The Labute approximate surface area is 111 Å². The average Bonchev–Trinajstić information content (AvgIpc) is 2.38. The van der Waals surface area contributed by atoms with Gasteiger partial charge in [0.2, 0.25) is 0 Å². The minimum absolute atomic E-state index is 0.184. The van der Waals surface area contributed by atoms with E-state index >= 15 is 0 Å². The fraction of sp³-hybridized carbons (Fsp3) is 0.625. The molecule has 102 valence electrons. The van der Waals surface area contributed by atoms with Gasteiger partial charge in [-0.05, 0) is 38.7 Å². The maximum absolute atomic E-state index is 10.9. The van der Waals surface area contributed by atoms with Gasteiger partial charge in [0, 0.05) is 7.11 Å². The molecule has 1 aromatic carbocycles. The Morgan fingerprint density at radius 3 is 2.17 bits per heavy atom. The minimum atomic E-state index is -0.730. The molecule has 0 aromatic heterocycles. The lowest BCUT2D eigenvalue weighted by Crippen LogP contribution is -2.31. The fourth-order valence-corrected chi connectivity index (χ4v) is 2.19. The summed E-state index contributed by atoms with van der Waals surface area (Å²) in [5.41, 5.74) is 0.0984. The van der Waals surface area contributed by atoms with Crippen molar-refractivity contribution in [2.75, 3.05) is 7.11 Å². The molecule has 1 N–H and O–H groups in total. The Morgan fingerprint density at radius 2 is 1.67 bits per heavy atom. The van der Waals surface area contributed by atoms with Gasteiger partial charge in [-0.1, -0.05) is 43.7 Å². The number of aliphatic hydroxyl groups is 1. The fourth-order valence-electron chi connectivity index (χ4n) is 2.19. The quantitative estimate of drug-likeness (QED) is 0.795. The molecule has 0 aliphatic heterocycles. The van der Waals surface area contributed by atoms with Crippen molar-refractivity contribution in [3.05, 3.63) is 35.9 Å². The van der Waals surface area contributed by atoms with Crippen LogP contribution in [0.15, 0.2) is 30.3 Å². The van der Waals surface area contributed by atoms with Gasteiger partial charge in [0.05, 0.1) is 11.2 Å². The van der Waals surface area contributed by atoms with Crippen molar-refractivity contribution in [3.63, 3.8) is 0 Å². The predicted molar refractivity (Wildman–Crippen MR) is 75.6 cm³/mol. The third-order valence-corrected chi connectivity index (χ3v) is 3.67. The molecule has 0 saturated heterocycles. The second-order valence-corrected chi connectivity index (χ2v) is 5.61. The molecule has 0 spiro atoms. The van der Waals surface area contributed by atoms with Gasteiger partial charge in [0.15, 0.2) is 0 Å². The van der Waals surface area contributed by atoms with E-state index in [1.807, 2.05) is 30.3 Å². The lowest BCUT2D eigenvalue weighted by Gasteiger charge is -2.32. The summed E-state index contributed by atoms with van der Waals surface area (Å²) in [5.74, 6) is 0. The molecule has 1 atom stereocenters. The zero-order valence-electron chi connectivity index (χ0n) is 12.1. The number of benzene rings is 1. The summed E-state index contributed by atoms with van der Waals surface area (Å²) in [4.78, 5) is 0. The van der Waals surface area contributed by atoms with E-state index in [-0.39, 0.29) is 5.60 Å². The van der Waals surface area contributed by atoms with Crippen LogP contribution in [0.25, 0.3) is 0 Å². The van der Waals surface area contributed by atoms with E-state index in [9.17, 15) is 5.11 Å². The Balaban J connectivity index is 2.81. The molecule has 0 fully saturated rings. The van der Waals surface area contributed by atoms with Crippen LogP contribution >= 0.6 is 0 Å². The maximum atomic E-state index is 10.9. The third kappa shape index (κ3) is 4.11. The molecule has 0 aliphatic carbocycles. The van der Waals surface area contributed by atoms with Crippen molar-refractivity contribution in [3.8, 4) is 0 Å². The van der Waals surface area contributed by atoms with Crippen LogP contribution in [0.5, 0.6) is 0 Å². The van der Waals surface area contributed by atoms with Crippen LogP contribution < -0.4 is 0 Å². The maximum Gasteiger partial charge on any atom is 0.0897 e. The van der Waals surface area contributed by atoms with Crippen LogP contribution in [0, 0.1) is 0 Å². The average molecular weight is 250 g/mol. The highest BCUT2D eigenvalue weighted by atomic mass is 16.5. The summed E-state index contributed by atoms with van der Waals surface area (Å²) >= 11 is 0. The second-order valence-electron chi connectivity index (χ2n) is 5.61. The summed E-state index contributed by atoms with van der Waals surface area (Å²) in [6.07, 6.45) is 3.33. The monoisotopic (exact) mass is 250 g/mol. The topological polar surface area (TPSA) is 29.5 Å². The Morgan fingerprint density at radius 1 is 1.06 bits per heavy atom. The van der Waals surface area contributed by atoms with E-state index < -0.39 is 5.60 Å². The predicted octanol–water partition coefficient (Wildman–Crippen LogP) is 3.88. The van der Waals surface area contributed by atoms with E-state index in [0.29, 0.717) is 0 Å². The second kappa shape index (κ2) is 6.35. The first-order valence-corrected chi connectivity index (χ1v) is 6.76. The van der Waals surface area contributed by atoms with Crippen LogP contribution in [0.3, 0.4) is 0 Å². The smallest absolute Gasteiger partial charge is 0.0897 e. The van der Waals surface area contributed by atoms with E-state index in [1.54, 1.807) is 7.11 Å². The van der Waals surface area contributed by atoms with Crippen molar-refractivity contribution in [2.45, 2.75) is 57.7 Å². The summed E-state index contributed by atoms with van der Waals surface area (Å²) in [7, 11) is 1.72. The van der Waals surface area contributed by atoms with Crippen molar-refractivity contribution in [1.82, 2.24) is 0 Å². The summed E-state index contributed by atoms with van der Waals surface area (Å²) in [6, 6.07) is 9.97. The number of hydrogen-bond acceptors (Lipinski definition) is 2. The molecule has 0 heterocycles. The molecule has 2 heteroatoms. The molecule has 0 bridgehead atoms. The first kappa shape index (κ1) is 15.2. The summed E-state index contributed by atoms with van der Waals surface area (Å²) in [5, 5.41) is 10.9. The molecular weight excluding hydrogens is 224 g/mol. The number of rotatable bonds is 7. The van der Waals surface area contributed by atoms with Crippen LogP contribution in [0.4, 0.5) is 0 Å². The zero-order chi connectivity index (χ0) is 13.6. The zero-order valence-corrected chi connectivity index (χ0v) is 12.1. The molecule has 1 rings (SSSR count). The molecule has 0 amide bonds. The van der Waals surface area contributed by atoms with Crippen LogP contribution in [0.2, 0.25) is 0 Å². The highest BCUT2D eigenvalue weighted by Gasteiger charge is 2.30. The molecular formula is C16H26O2. The number of methoxy groups -OCH3 is 1. The third-order valence-electron chi connectivity index (χ3n) is 3.67. The van der Waals surface area contributed by atoms with Gasteiger partial charge in [0.25, 0.3) is 0 Å². The summed E-state index contributed by atoms with van der Waals surface area (Å²) < 4.78 is 5.44. The lowest BCUT2D eigenvalue weighted by atomic mass is 9.82. The highest BCUT2D eigenvalue weighted by molar-refractivity contribution is 5.22. The Bertz CT molecular complexity index is 345. The molecule has 0 aliphatic rings. The van der Waals surface area contributed by atoms with Gasteiger partial charge >= 0.3 is 0 Å². The molecule has 1 unspecified atom stereocenters. The molecule has 18 heavy (non-hydrogen) atoms. The Kier molecular flexibility index (Phi) is 5.36. The van der Waals surface area contributed by atoms with Gasteiger partial charge in [-0.25, -0.2) is 0 Å². The highest BCUT2D eigenvalue weighted by Crippen LogP contribution is 2.34. The van der Waals surface area contributed by atoms with E-state index in [2.05, 4.69) is 20.8 Å². The molecule has 0 radical (unpaired) electrons. The van der Waals surface area contributed by atoms with Gasteiger partial charge in [0.1, 0.15) is 0 Å². The van der Waals surface area contributed by atoms with Gasteiger partial charge in [-0.2, -0.15) is 0 Å². The van der Waals surface area contributed by atoms with Crippen molar-refractivity contribution >= 4 is 0 Å². The van der Waals surface area contributed by atoms with Crippen LogP contribution in [0.1, 0.15) is 52.0 Å². The van der Waals surface area contributed by atoms with Crippen LogP contribution in [-0.2, 0) is 10.3 Å². The molecule has 0 saturated carbocycles. The van der Waals surface area contributed by atoms with Gasteiger partial charge in [-0.3, -0.25) is 0 Å². The first-order chi connectivity index (χ1) is 8.43. The lowest BCUT2D eigenvalue weighted by molar-refractivity contribution is -0.0330. The van der Waals surface area contributed by atoms with Crippen molar-refractivity contribution in [2.24, 2.45) is 0 Å². The van der Waals surface area contributed by atoms with Gasteiger partial charge < -0.3 is 9.84 Å². The van der Waals surface area contributed by atoms with E-state index in [1.165, 1.54) is 0 Å². The SMILES string of the molecule is CCCC(O)(CCC(C)(C)OC)c1ccccc1. The molecule has 1 aromatic rings. The standard InChI is InChI=1S/C16H26O2/c1-5-11-16(17,13-12-15(2,3)18-4)14-9-7-6-8-10-14/h6-10,17H,5,11-13H2,1-4H3. The number of ether oxygens (including phenoxy) is 1. The number of hydrogen-bond donors (Lipinski definition) is 1.